The second kappa shape index (κ2) is 6.38. The molecule has 1 aliphatic heterocycles. The van der Waals surface area contributed by atoms with Crippen LogP contribution in [0.4, 0.5) is 9.59 Å². The van der Waals surface area contributed by atoms with E-state index >= 15 is 0 Å². The molecule has 0 bridgehead atoms. The van der Waals surface area contributed by atoms with E-state index in [2.05, 4.69) is 0 Å². The molecule has 0 radical (unpaired) electrons. The number of hydrazine groups is 1. The van der Waals surface area contributed by atoms with Crippen molar-refractivity contribution in [1.29, 1.82) is 0 Å². The molecule has 0 aromatic carbocycles. The number of hydrogen-bond donors (Lipinski definition) is 0. The Balaban J connectivity index is 2.29. The van der Waals surface area contributed by atoms with Crippen LogP contribution in [0.15, 0.2) is 0 Å². The van der Waals surface area contributed by atoms with Gasteiger partial charge in [-0.2, -0.15) is 5.01 Å². The molecule has 142 valence electrons. The van der Waals surface area contributed by atoms with Crippen molar-refractivity contribution in [2.45, 2.75) is 78.2 Å². The fraction of sp³-hybridized carbons (Fsp3) is 0.824. The van der Waals surface area contributed by atoms with Crippen molar-refractivity contribution in [1.82, 2.24) is 10.0 Å². The number of carbonyl (C=O) groups is 3. The van der Waals surface area contributed by atoms with Crippen LogP contribution in [0.5, 0.6) is 0 Å². The molecule has 0 aromatic rings. The number of ether oxygens (including phenoxy) is 3. The molecule has 2 fully saturated rings. The number of carbonyl (C=O) groups excluding carboxylic acids is 3. The molecule has 1 saturated heterocycles. The number of nitrogens with zero attached hydrogens (tertiary/aromatic N) is 2. The molecule has 2 aliphatic rings. The smallest absolute Gasteiger partial charge is 0.430 e. The third-order valence-electron chi connectivity index (χ3n) is 3.71. The minimum absolute atomic E-state index is 0.154. The lowest BCUT2D eigenvalue weighted by Gasteiger charge is -2.36. The SMILES string of the molecule is CCOC(=O)C1C2CC2N(C(=O)OC(C)(C)C)N1C(=O)OC(C)(C)C. The molecular formula is C17H28N2O6. The molecule has 1 aliphatic carbocycles. The monoisotopic (exact) mass is 356 g/mol. The second-order valence-corrected chi connectivity index (χ2v) is 8.31. The first-order valence-corrected chi connectivity index (χ1v) is 8.56. The summed E-state index contributed by atoms with van der Waals surface area (Å²) in [5.41, 5.74) is -1.48. The van der Waals surface area contributed by atoms with Gasteiger partial charge in [-0.15, -0.1) is 0 Å². The summed E-state index contributed by atoms with van der Waals surface area (Å²) in [4.78, 5) is 37.6. The molecule has 3 atom stereocenters. The highest BCUT2D eigenvalue weighted by atomic mass is 16.6. The fourth-order valence-corrected chi connectivity index (χ4v) is 2.84. The maximum absolute atomic E-state index is 12.7. The number of esters is 1. The number of rotatable bonds is 2. The molecule has 1 heterocycles. The summed E-state index contributed by atoms with van der Waals surface area (Å²) in [5, 5.41) is 2.28. The minimum Gasteiger partial charge on any atom is -0.464 e. The Morgan fingerprint density at radius 3 is 1.84 bits per heavy atom. The zero-order chi connectivity index (χ0) is 19.2. The van der Waals surface area contributed by atoms with E-state index in [1.807, 2.05) is 0 Å². The first-order chi connectivity index (χ1) is 11.4. The Labute approximate surface area is 148 Å². The van der Waals surface area contributed by atoms with E-state index in [4.69, 9.17) is 14.2 Å². The molecule has 2 rings (SSSR count). The Kier molecular flexibility index (Phi) is 4.94. The summed E-state index contributed by atoms with van der Waals surface area (Å²) in [5.74, 6) is -0.689. The van der Waals surface area contributed by atoms with Gasteiger partial charge in [-0.05, 0) is 54.9 Å². The number of hydrogen-bond acceptors (Lipinski definition) is 6. The van der Waals surface area contributed by atoms with Gasteiger partial charge in [0.15, 0.2) is 6.04 Å². The van der Waals surface area contributed by atoms with Crippen molar-refractivity contribution < 1.29 is 28.6 Å². The summed E-state index contributed by atoms with van der Waals surface area (Å²) >= 11 is 0. The average molecular weight is 356 g/mol. The molecule has 0 aromatic heterocycles. The lowest BCUT2D eigenvalue weighted by Crippen LogP contribution is -2.55. The maximum atomic E-state index is 12.7. The molecule has 8 nitrogen and oxygen atoms in total. The average Bonchev–Trinajstić information content (AvgIpc) is 3.07. The Hall–Kier alpha value is -1.99. The van der Waals surface area contributed by atoms with Crippen LogP contribution in [0.1, 0.15) is 54.9 Å². The van der Waals surface area contributed by atoms with Gasteiger partial charge >= 0.3 is 18.2 Å². The van der Waals surface area contributed by atoms with E-state index in [-0.39, 0.29) is 18.6 Å². The van der Waals surface area contributed by atoms with Gasteiger partial charge in [-0.1, -0.05) is 0 Å². The number of fused-ring (bicyclic) bond motifs is 1. The van der Waals surface area contributed by atoms with Crippen molar-refractivity contribution in [2.75, 3.05) is 6.61 Å². The van der Waals surface area contributed by atoms with Crippen LogP contribution in [0, 0.1) is 5.92 Å². The minimum atomic E-state index is -0.868. The van der Waals surface area contributed by atoms with Crippen LogP contribution in [0.2, 0.25) is 0 Å². The second-order valence-electron chi connectivity index (χ2n) is 8.31. The van der Waals surface area contributed by atoms with E-state index < -0.39 is 35.4 Å². The molecule has 1 saturated carbocycles. The highest BCUT2D eigenvalue weighted by Gasteiger charge is 2.65. The predicted octanol–water partition coefficient (Wildman–Crippen LogP) is 2.71. The number of amides is 2. The van der Waals surface area contributed by atoms with Crippen LogP contribution < -0.4 is 0 Å². The Morgan fingerprint density at radius 2 is 1.40 bits per heavy atom. The molecule has 25 heavy (non-hydrogen) atoms. The summed E-state index contributed by atoms with van der Waals surface area (Å²) < 4.78 is 15.9. The van der Waals surface area contributed by atoms with Crippen LogP contribution >= 0.6 is 0 Å². The van der Waals surface area contributed by atoms with Gasteiger partial charge in [0, 0.05) is 5.92 Å². The van der Waals surface area contributed by atoms with Crippen LogP contribution in [-0.2, 0) is 19.0 Å². The van der Waals surface area contributed by atoms with Crippen molar-refractivity contribution in [3.63, 3.8) is 0 Å². The maximum Gasteiger partial charge on any atom is 0.430 e. The summed E-state index contributed by atoms with van der Waals surface area (Å²) in [6.45, 7) is 12.3. The third-order valence-corrected chi connectivity index (χ3v) is 3.71. The molecule has 3 unspecified atom stereocenters. The van der Waals surface area contributed by atoms with Crippen molar-refractivity contribution >= 4 is 18.2 Å². The lowest BCUT2D eigenvalue weighted by atomic mass is 10.2. The summed E-state index contributed by atoms with van der Waals surface area (Å²) in [6, 6.07) is -1.12. The Morgan fingerprint density at radius 1 is 0.920 bits per heavy atom. The van der Waals surface area contributed by atoms with Gasteiger partial charge in [0.2, 0.25) is 0 Å². The van der Waals surface area contributed by atoms with Gasteiger partial charge in [-0.25, -0.2) is 19.4 Å². The van der Waals surface area contributed by atoms with Gasteiger partial charge in [0.25, 0.3) is 0 Å². The molecule has 2 amide bonds. The van der Waals surface area contributed by atoms with Crippen molar-refractivity contribution in [3.05, 3.63) is 0 Å². The van der Waals surface area contributed by atoms with Crippen molar-refractivity contribution in [3.8, 4) is 0 Å². The fourth-order valence-electron chi connectivity index (χ4n) is 2.84. The van der Waals surface area contributed by atoms with E-state index in [0.29, 0.717) is 6.42 Å². The summed E-state index contributed by atoms with van der Waals surface area (Å²) in [6.07, 6.45) is -0.802. The normalized spacial score (nSPS) is 25.3. The Bertz CT molecular complexity index is 562. The van der Waals surface area contributed by atoms with E-state index in [1.54, 1.807) is 48.5 Å². The van der Waals surface area contributed by atoms with Crippen LogP contribution in [-0.4, -0.2) is 58.1 Å². The van der Waals surface area contributed by atoms with Crippen LogP contribution in [0.3, 0.4) is 0 Å². The topological polar surface area (TPSA) is 85.4 Å². The standard InChI is InChI=1S/C17H28N2O6/c1-8-23-13(20)12-10-9-11(10)18(14(21)24-16(2,3)4)19(12)15(22)25-17(5,6)7/h10-12H,8-9H2,1-7H3. The summed E-state index contributed by atoms with van der Waals surface area (Å²) in [7, 11) is 0. The first-order valence-electron chi connectivity index (χ1n) is 8.56. The molecule has 0 spiro atoms. The van der Waals surface area contributed by atoms with Gasteiger partial charge in [0.05, 0.1) is 12.6 Å². The molecule has 0 N–H and O–H groups in total. The highest BCUT2D eigenvalue weighted by molar-refractivity contribution is 5.86. The van der Waals surface area contributed by atoms with E-state index in [0.717, 1.165) is 5.01 Å². The van der Waals surface area contributed by atoms with Crippen LogP contribution in [0.25, 0.3) is 0 Å². The third kappa shape index (κ3) is 4.35. The van der Waals surface area contributed by atoms with Gasteiger partial charge in [0.1, 0.15) is 11.2 Å². The van der Waals surface area contributed by atoms with E-state index in [1.165, 1.54) is 5.01 Å². The molecular weight excluding hydrogens is 328 g/mol. The quantitative estimate of drug-likeness (QED) is 0.559. The zero-order valence-electron chi connectivity index (χ0n) is 16.0. The molecule has 8 heteroatoms. The van der Waals surface area contributed by atoms with Gasteiger partial charge < -0.3 is 14.2 Å². The zero-order valence-corrected chi connectivity index (χ0v) is 16.0. The van der Waals surface area contributed by atoms with Crippen molar-refractivity contribution in [2.24, 2.45) is 5.92 Å². The largest absolute Gasteiger partial charge is 0.464 e. The van der Waals surface area contributed by atoms with Gasteiger partial charge in [-0.3, -0.25) is 0 Å². The lowest BCUT2D eigenvalue weighted by molar-refractivity contribution is -0.154. The highest BCUT2D eigenvalue weighted by Crippen LogP contribution is 2.49. The van der Waals surface area contributed by atoms with E-state index in [9.17, 15) is 14.4 Å². The predicted molar refractivity (Wildman–Crippen MR) is 88.5 cm³/mol. The first kappa shape index (κ1) is 19.3.